The van der Waals surface area contributed by atoms with Crippen molar-refractivity contribution in [1.82, 2.24) is 15.2 Å². The average molecular weight is 407 g/mol. The summed E-state index contributed by atoms with van der Waals surface area (Å²) in [5, 5.41) is 4.24. The van der Waals surface area contributed by atoms with E-state index in [1.807, 2.05) is 24.3 Å². The van der Waals surface area contributed by atoms with E-state index in [1.165, 1.54) is 25.9 Å². The molecule has 3 aromatic rings. The average Bonchev–Trinajstić information content (AvgIpc) is 3.41. The summed E-state index contributed by atoms with van der Waals surface area (Å²) in [6.45, 7) is 4.11. The molecule has 156 valence electrons. The van der Waals surface area contributed by atoms with E-state index in [-0.39, 0.29) is 11.8 Å². The van der Waals surface area contributed by atoms with Crippen molar-refractivity contribution in [3.63, 3.8) is 0 Å². The summed E-state index contributed by atoms with van der Waals surface area (Å²) in [6, 6.07) is 7.63. The third-order valence-corrected chi connectivity index (χ3v) is 6.09. The third kappa shape index (κ3) is 3.65. The molecule has 1 N–H and O–H groups in total. The molecule has 2 aliphatic rings. The van der Waals surface area contributed by atoms with Crippen LogP contribution < -0.4 is 10.1 Å². The quantitative estimate of drug-likeness (QED) is 0.498. The first kappa shape index (κ1) is 19.1. The molecule has 0 radical (unpaired) electrons. The lowest BCUT2D eigenvalue weighted by Gasteiger charge is -2.20. The van der Waals surface area contributed by atoms with Crippen molar-refractivity contribution < 1.29 is 18.7 Å². The molecule has 2 aliphatic heterocycles. The van der Waals surface area contributed by atoms with Crippen molar-refractivity contribution in [2.45, 2.75) is 38.0 Å². The van der Waals surface area contributed by atoms with Gasteiger partial charge in [-0.25, -0.2) is 4.98 Å². The Kier molecular flexibility index (Phi) is 5.12. The molecule has 1 aromatic carbocycles. The zero-order valence-electron chi connectivity index (χ0n) is 16.9. The van der Waals surface area contributed by atoms with E-state index in [9.17, 15) is 9.59 Å². The number of ether oxygens (including phenoxy) is 1. The number of carbonyl (C=O) groups is 2. The Morgan fingerprint density at radius 2 is 2.03 bits per heavy atom. The van der Waals surface area contributed by atoms with E-state index >= 15 is 0 Å². The maximum absolute atomic E-state index is 12.4. The first-order valence-corrected chi connectivity index (χ1v) is 10.7. The van der Waals surface area contributed by atoms with Crippen molar-refractivity contribution >= 4 is 33.7 Å². The highest BCUT2D eigenvalue weighted by Crippen LogP contribution is 2.36. The maximum Gasteiger partial charge on any atom is 0.234 e. The Bertz CT molecular complexity index is 1100. The highest BCUT2D eigenvalue weighted by Gasteiger charge is 2.31. The summed E-state index contributed by atoms with van der Waals surface area (Å²) in [7, 11) is 0. The Hall–Kier alpha value is -2.93. The van der Waals surface area contributed by atoms with Crippen LogP contribution in [0.25, 0.3) is 21.9 Å². The van der Waals surface area contributed by atoms with Gasteiger partial charge in [-0.15, -0.1) is 0 Å². The minimum atomic E-state index is -0.393. The van der Waals surface area contributed by atoms with Crippen molar-refractivity contribution in [3.05, 3.63) is 36.1 Å². The van der Waals surface area contributed by atoms with Crippen LogP contribution in [0.3, 0.4) is 0 Å². The predicted molar refractivity (Wildman–Crippen MR) is 112 cm³/mol. The number of hydrogen-bond acceptors (Lipinski definition) is 6. The van der Waals surface area contributed by atoms with Crippen LogP contribution in [0.5, 0.6) is 5.88 Å². The summed E-state index contributed by atoms with van der Waals surface area (Å²) in [5.41, 5.74) is 2.32. The number of hydrogen-bond donors (Lipinski definition) is 1. The summed E-state index contributed by atoms with van der Waals surface area (Å²) < 4.78 is 11.6. The van der Waals surface area contributed by atoms with Crippen LogP contribution >= 0.6 is 0 Å². The monoisotopic (exact) mass is 407 g/mol. The van der Waals surface area contributed by atoms with Gasteiger partial charge in [0.2, 0.25) is 17.7 Å². The summed E-state index contributed by atoms with van der Waals surface area (Å²) in [5.74, 6) is -0.274. The van der Waals surface area contributed by atoms with Gasteiger partial charge in [0.15, 0.2) is 0 Å². The number of imide groups is 1. The molecule has 7 nitrogen and oxygen atoms in total. The Morgan fingerprint density at radius 3 is 2.87 bits per heavy atom. The summed E-state index contributed by atoms with van der Waals surface area (Å²) in [4.78, 5) is 31.0. The standard InChI is InChI=1S/C23H25N3O4/c27-20-8-4-15(23(28)25-20)17-14-30-19-7-6-18-16(22(17)19)5-9-21(24-18)29-13-3-12-26-10-1-2-11-26/h5-7,9,14-15H,1-4,8,10-13H2,(H,25,27,28)/t15-/m0/s1. The van der Waals surface area contributed by atoms with Crippen molar-refractivity contribution in [2.24, 2.45) is 0 Å². The molecule has 4 heterocycles. The lowest BCUT2D eigenvalue weighted by Crippen LogP contribution is -2.39. The van der Waals surface area contributed by atoms with E-state index < -0.39 is 5.92 Å². The number of rotatable bonds is 6. The number of amides is 2. The van der Waals surface area contributed by atoms with Gasteiger partial charge < -0.3 is 14.1 Å². The number of pyridine rings is 1. The van der Waals surface area contributed by atoms with Crippen LogP contribution in [0, 0.1) is 0 Å². The number of piperidine rings is 1. The number of benzene rings is 1. The number of nitrogens with one attached hydrogen (secondary N) is 1. The number of aromatic nitrogens is 1. The Morgan fingerprint density at radius 1 is 1.17 bits per heavy atom. The SMILES string of the molecule is O=C1CC[C@@H](c2coc3ccc4nc(OCCCN5CCCC5)ccc4c23)C(=O)N1. The van der Waals surface area contributed by atoms with Crippen molar-refractivity contribution in [2.75, 3.05) is 26.2 Å². The topological polar surface area (TPSA) is 84.7 Å². The number of carbonyl (C=O) groups excluding carboxylic acids is 2. The van der Waals surface area contributed by atoms with Gasteiger partial charge in [0.1, 0.15) is 5.58 Å². The lowest BCUT2D eigenvalue weighted by molar-refractivity contribution is -0.134. The fraction of sp³-hybridized carbons (Fsp3) is 0.435. The zero-order chi connectivity index (χ0) is 20.5. The summed E-state index contributed by atoms with van der Waals surface area (Å²) >= 11 is 0. The first-order valence-electron chi connectivity index (χ1n) is 10.7. The van der Waals surface area contributed by atoms with Crippen LogP contribution in [0.1, 0.15) is 43.6 Å². The van der Waals surface area contributed by atoms with Crippen LogP contribution in [0.15, 0.2) is 34.9 Å². The molecule has 1 atom stereocenters. The van der Waals surface area contributed by atoms with E-state index in [4.69, 9.17) is 9.15 Å². The Balaban J connectivity index is 1.36. The predicted octanol–water partition coefficient (Wildman–Crippen LogP) is 3.37. The van der Waals surface area contributed by atoms with E-state index in [1.54, 1.807) is 6.26 Å². The first-order chi connectivity index (χ1) is 14.7. The molecule has 2 amide bonds. The van der Waals surface area contributed by atoms with Gasteiger partial charge in [0.25, 0.3) is 0 Å². The minimum Gasteiger partial charge on any atom is -0.478 e. The van der Waals surface area contributed by atoms with Gasteiger partial charge in [0.05, 0.1) is 24.3 Å². The molecule has 0 saturated carbocycles. The molecule has 2 saturated heterocycles. The van der Waals surface area contributed by atoms with Crippen LogP contribution in [0.2, 0.25) is 0 Å². The van der Waals surface area contributed by atoms with Crippen molar-refractivity contribution in [1.29, 1.82) is 0 Å². The van der Waals surface area contributed by atoms with E-state index in [0.29, 0.717) is 30.9 Å². The molecular weight excluding hydrogens is 382 g/mol. The maximum atomic E-state index is 12.4. The van der Waals surface area contributed by atoms with Crippen molar-refractivity contribution in [3.8, 4) is 5.88 Å². The molecule has 0 unspecified atom stereocenters. The summed E-state index contributed by atoms with van der Waals surface area (Å²) in [6.07, 6.45) is 6.04. The smallest absolute Gasteiger partial charge is 0.234 e. The fourth-order valence-corrected chi connectivity index (χ4v) is 4.55. The Labute approximate surface area is 174 Å². The molecule has 2 fully saturated rings. The van der Waals surface area contributed by atoms with Gasteiger partial charge in [-0.1, -0.05) is 0 Å². The minimum absolute atomic E-state index is 0.220. The second kappa shape index (κ2) is 8.07. The fourth-order valence-electron chi connectivity index (χ4n) is 4.55. The van der Waals surface area contributed by atoms with Gasteiger partial charge in [-0.05, 0) is 57.0 Å². The molecule has 5 rings (SSSR count). The van der Waals surface area contributed by atoms with Crippen LogP contribution in [-0.4, -0.2) is 47.9 Å². The number of nitrogens with zero attached hydrogens (tertiary/aromatic N) is 2. The molecule has 30 heavy (non-hydrogen) atoms. The lowest BCUT2D eigenvalue weighted by atomic mass is 9.89. The molecule has 0 spiro atoms. The van der Waals surface area contributed by atoms with Gasteiger partial charge >= 0.3 is 0 Å². The zero-order valence-corrected chi connectivity index (χ0v) is 16.9. The van der Waals surface area contributed by atoms with Gasteiger partial charge in [0, 0.05) is 35.4 Å². The van der Waals surface area contributed by atoms with Gasteiger partial charge in [-0.3, -0.25) is 14.9 Å². The number of likely N-dealkylation sites (tertiary alicyclic amines) is 1. The van der Waals surface area contributed by atoms with Crippen LogP contribution in [-0.2, 0) is 9.59 Å². The normalized spacial score (nSPS) is 20.2. The second-order valence-electron chi connectivity index (χ2n) is 8.10. The van der Waals surface area contributed by atoms with E-state index in [2.05, 4.69) is 15.2 Å². The second-order valence-corrected chi connectivity index (χ2v) is 8.10. The highest BCUT2D eigenvalue weighted by molar-refractivity contribution is 6.09. The molecule has 2 aromatic heterocycles. The molecule has 0 aliphatic carbocycles. The molecular formula is C23H25N3O4. The van der Waals surface area contributed by atoms with Crippen LogP contribution in [0.4, 0.5) is 0 Å². The molecule has 0 bridgehead atoms. The van der Waals surface area contributed by atoms with E-state index in [0.717, 1.165) is 34.8 Å². The number of fused-ring (bicyclic) bond motifs is 3. The molecule has 7 heteroatoms. The highest BCUT2D eigenvalue weighted by atomic mass is 16.5. The third-order valence-electron chi connectivity index (χ3n) is 6.09. The largest absolute Gasteiger partial charge is 0.478 e. The number of furan rings is 1. The van der Waals surface area contributed by atoms with Gasteiger partial charge in [-0.2, -0.15) is 0 Å².